The number of fused-ring (bicyclic) bond motifs is 2. The highest BCUT2D eigenvalue weighted by Crippen LogP contribution is 2.37. The molecule has 18 heteroatoms. The first-order valence-electron chi connectivity index (χ1n) is 16.1. The molecule has 4 N–H and O–H groups in total. The number of anilines is 1. The fourth-order valence-electron chi connectivity index (χ4n) is 5.89. The number of nitrogens with one attached hydrogen (secondary N) is 4. The van der Waals surface area contributed by atoms with Gasteiger partial charge in [0.2, 0.25) is 17.6 Å². The van der Waals surface area contributed by atoms with Gasteiger partial charge in [0.1, 0.15) is 24.6 Å². The van der Waals surface area contributed by atoms with Crippen LogP contribution < -0.4 is 21.3 Å². The maximum atomic E-state index is 14.4. The number of nitrogens with zero attached hydrogens (tertiary/aromatic N) is 7. The molecule has 0 aliphatic carbocycles. The summed E-state index contributed by atoms with van der Waals surface area (Å²) >= 11 is 7.61. The topological polar surface area (TPSA) is 190 Å². The first-order valence-corrected chi connectivity index (χ1v) is 17.2. The molecular weight excluding hydrogens is 713 g/mol. The van der Waals surface area contributed by atoms with E-state index in [-0.39, 0.29) is 59.2 Å². The fraction of sp³-hybridized carbons (Fsp3) is 0.265. The molecule has 0 unspecified atom stereocenters. The lowest BCUT2D eigenvalue weighted by Crippen LogP contribution is -2.41. The molecule has 2 aromatic carbocycles. The van der Waals surface area contributed by atoms with Crippen LogP contribution in [0.5, 0.6) is 0 Å². The van der Waals surface area contributed by atoms with E-state index in [0.717, 1.165) is 16.2 Å². The van der Waals surface area contributed by atoms with Crippen molar-refractivity contribution in [3.63, 3.8) is 0 Å². The molecule has 5 aromatic rings. The molecule has 1 atom stereocenters. The smallest absolute Gasteiger partial charge is 0.287 e. The molecule has 264 valence electrons. The molecule has 7 rings (SSSR count). The second kappa shape index (κ2) is 14.3. The molecule has 0 spiro atoms. The lowest BCUT2D eigenvalue weighted by Gasteiger charge is -2.28. The van der Waals surface area contributed by atoms with E-state index in [4.69, 9.17) is 18.0 Å². The van der Waals surface area contributed by atoms with Crippen molar-refractivity contribution in [2.75, 3.05) is 11.9 Å². The van der Waals surface area contributed by atoms with Crippen LogP contribution in [0.25, 0.3) is 10.1 Å². The summed E-state index contributed by atoms with van der Waals surface area (Å²) in [4.78, 5) is 57.2. The molecular formula is C34H29ClFN11O4S. The Labute approximate surface area is 304 Å². The van der Waals surface area contributed by atoms with Gasteiger partial charge >= 0.3 is 0 Å². The summed E-state index contributed by atoms with van der Waals surface area (Å²) in [7, 11) is 0. The van der Waals surface area contributed by atoms with E-state index >= 15 is 0 Å². The molecule has 52 heavy (non-hydrogen) atoms. The summed E-state index contributed by atoms with van der Waals surface area (Å²) in [6.07, 6.45) is 8.68. The standard InChI is InChI=1S/C34H29ClFN11O4S/c1-2-3-11-34(44-45-34)12-13-37-25(48)17-46-14-10-20(42-46)16-38-33(51)31-40-30(41-32(50)28-21-6-4-5-7-24(21)52-43-28)29-27(39-26(49)18-47(29)31)22-15-19(36)8-9-23(22)35/h1,4-10,14-15,27H,3,11-13,16-18H2,(H,37,48)(H,38,51)(H,39,49)(H,41,50)/t27-/m0/s1. The number of carbonyl (C=O) groups is 4. The Hall–Kier alpha value is -5.99. The first-order chi connectivity index (χ1) is 25.1. The third-order valence-corrected chi connectivity index (χ3v) is 9.69. The second-order valence-corrected chi connectivity index (χ2v) is 13.3. The summed E-state index contributed by atoms with van der Waals surface area (Å²) in [5, 5.41) is 24.4. The summed E-state index contributed by atoms with van der Waals surface area (Å²) in [6, 6.07) is 11.5. The van der Waals surface area contributed by atoms with E-state index < -0.39 is 35.2 Å². The van der Waals surface area contributed by atoms with E-state index in [2.05, 4.69) is 51.9 Å². The van der Waals surface area contributed by atoms with E-state index in [9.17, 15) is 23.6 Å². The number of benzene rings is 2. The number of aromatic nitrogens is 5. The first kappa shape index (κ1) is 34.5. The molecule has 2 aliphatic heterocycles. The van der Waals surface area contributed by atoms with E-state index in [0.29, 0.717) is 36.9 Å². The highest BCUT2D eigenvalue weighted by Gasteiger charge is 2.39. The predicted octanol–water partition coefficient (Wildman–Crippen LogP) is 3.97. The van der Waals surface area contributed by atoms with Gasteiger partial charge in [0.25, 0.3) is 11.8 Å². The Kier molecular flexibility index (Phi) is 9.49. The van der Waals surface area contributed by atoms with Crippen LogP contribution in [0.3, 0.4) is 0 Å². The number of hydrogen-bond acceptors (Lipinski definition) is 10. The Morgan fingerprint density at radius 3 is 2.75 bits per heavy atom. The van der Waals surface area contributed by atoms with Gasteiger partial charge in [0.05, 0.1) is 28.7 Å². The van der Waals surface area contributed by atoms with Crippen LogP contribution in [0.1, 0.15) is 63.4 Å². The van der Waals surface area contributed by atoms with Gasteiger partial charge in [-0.05, 0) is 41.9 Å². The summed E-state index contributed by atoms with van der Waals surface area (Å²) in [5.74, 6) is -0.291. The minimum absolute atomic E-state index is 0.0427. The minimum atomic E-state index is -1.07. The van der Waals surface area contributed by atoms with Gasteiger partial charge in [0, 0.05) is 48.0 Å². The quantitative estimate of drug-likeness (QED) is 0.131. The average Bonchev–Trinajstić information content (AvgIpc) is 3.41. The Morgan fingerprint density at radius 1 is 1.12 bits per heavy atom. The zero-order chi connectivity index (χ0) is 36.4. The van der Waals surface area contributed by atoms with Crippen molar-refractivity contribution in [3.05, 3.63) is 94.0 Å². The molecule has 0 bridgehead atoms. The molecule has 4 amide bonds. The van der Waals surface area contributed by atoms with Crippen molar-refractivity contribution < 1.29 is 23.6 Å². The predicted molar refractivity (Wildman–Crippen MR) is 188 cm³/mol. The SMILES string of the molecule is C#CCCC1(CCNC(=O)Cn2ccc(CNC(=O)c3nc(NC(=O)c4nsc5ccccc45)c4n3CC(=O)N[C@H]4c3cc(F)ccc3Cl)n2)N=N1. The minimum Gasteiger partial charge on any atom is -0.354 e. The normalized spacial score (nSPS) is 15.4. The lowest BCUT2D eigenvalue weighted by atomic mass is 10.0. The molecule has 3 aromatic heterocycles. The maximum Gasteiger partial charge on any atom is 0.287 e. The Balaban J connectivity index is 1.08. The van der Waals surface area contributed by atoms with Gasteiger partial charge in [-0.3, -0.25) is 23.9 Å². The van der Waals surface area contributed by atoms with Gasteiger partial charge in [-0.25, -0.2) is 9.37 Å². The van der Waals surface area contributed by atoms with Crippen LogP contribution in [0.15, 0.2) is 65.0 Å². The van der Waals surface area contributed by atoms with E-state index in [1.165, 1.54) is 27.4 Å². The summed E-state index contributed by atoms with van der Waals surface area (Å²) < 4.78 is 22.3. The zero-order valence-corrected chi connectivity index (χ0v) is 28.8. The monoisotopic (exact) mass is 741 g/mol. The molecule has 15 nitrogen and oxygen atoms in total. The van der Waals surface area contributed by atoms with Crippen molar-refractivity contribution in [2.45, 2.75) is 50.6 Å². The lowest BCUT2D eigenvalue weighted by molar-refractivity contribution is -0.123. The van der Waals surface area contributed by atoms with Crippen LogP contribution in [-0.4, -0.2) is 59.5 Å². The van der Waals surface area contributed by atoms with Gasteiger partial charge in [0.15, 0.2) is 11.5 Å². The van der Waals surface area contributed by atoms with Gasteiger partial charge < -0.3 is 25.8 Å². The molecule has 0 radical (unpaired) electrons. The number of hydrogen-bond donors (Lipinski definition) is 4. The Bertz CT molecular complexity index is 2300. The van der Waals surface area contributed by atoms with E-state index in [1.807, 2.05) is 12.1 Å². The molecule has 0 saturated heterocycles. The second-order valence-electron chi connectivity index (χ2n) is 12.1. The van der Waals surface area contributed by atoms with Crippen LogP contribution in [0.4, 0.5) is 10.2 Å². The van der Waals surface area contributed by atoms with Crippen LogP contribution in [0.2, 0.25) is 5.02 Å². The van der Waals surface area contributed by atoms with E-state index in [1.54, 1.807) is 24.4 Å². The van der Waals surface area contributed by atoms with Crippen molar-refractivity contribution >= 4 is 62.7 Å². The molecule has 2 aliphatic rings. The van der Waals surface area contributed by atoms with Crippen molar-refractivity contribution in [1.29, 1.82) is 0 Å². The van der Waals surface area contributed by atoms with Gasteiger partial charge in [-0.2, -0.15) is 19.7 Å². The number of terminal acetylenes is 1. The molecule has 0 fully saturated rings. The Morgan fingerprint density at radius 2 is 1.94 bits per heavy atom. The van der Waals surface area contributed by atoms with Crippen molar-refractivity contribution in [2.24, 2.45) is 10.2 Å². The number of carbonyl (C=O) groups excluding carboxylic acids is 4. The largest absolute Gasteiger partial charge is 0.354 e. The fourth-order valence-corrected chi connectivity index (χ4v) is 6.89. The zero-order valence-electron chi connectivity index (χ0n) is 27.2. The maximum absolute atomic E-state index is 14.4. The summed E-state index contributed by atoms with van der Waals surface area (Å²) in [5.41, 5.74) is 0.515. The van der Waals surface area contributed by atoms with Crippen molar-refractivity contribution in [1.82, 2.24) is 39.7 Å². The van der Waals surface area contributed by atoms with Crippen LogP contribution >= 0.6 is 23.1 Å². The number of imidazole rings is 1. The van der Waals surface area contributed by atoms with Gasteiger partial charge in [-0.1, -0.05) is 29.8 Å². The van der Waals surface area contributed by atoms with Crippen molar-refractivity contribution in [3.8, 4) is 12.3 Å². The summed E-state index contributed by atoms with van der Waals surface area (Å²) in [6.45, 7) is -0.0403. The highest BCUT2D eigenvalue weighted by molar-refractivity contribution is 7.13. The van der Waals surface area contributed by atoms with Crippen LogP contribution in [0, 0.1) is 18.2 Å². The number of rotatable bonds is 13. The molecule has 5 heterocycles. The third kappa shape index (κ3) is 7.24. The van der Waals surface area contributed by atoms with Gasteiger partial charge in [-0.15, -0.1) is 12.3 Å². The van der Waals surface area contributed by atoms with Crippen LogP contribution in [-0.2, 0) is 29.2 Å². The number of amides is 4. The average molecular weight is 742 g/mol. The number of halogens is 2. The highest BCUT2D eigenvalue weighted by atomic mass is 35.5. The third-order valence-electron chi connectivity index (χ3n) is 8.52. The molecule has 0 saturated carbocycles.